The summed E-state index contributed by atoms with van der Waals surface area (Å²) >= 11 is 0. The molecule has 0 bridgehead atoms. The molecule has 0 unspecified atom stereocenters. The molecule has 4 rings (SSSR count). The van der Waals surface area contributed by atoms with Crippen molar-refractivity contribution in [2.45, 2.75) is 100 Å². The SMILES string of the molecule is C=C(O[C@@H]1[C@H]2[C@H](O)[C@@](O)(COCCC=CC(=O)C=CCC)[C@@H](O)[C@@]3(O)[C@H](C[C@H](C)[C@@H]3O)[C@@]2(O)[C@H](C)C[C@@]1(O)C(=C)C)c1ccccc1. The lowest BCUT2D eigenvalue weighted by molar-refractivity contribution is -0.266. The second-order valence-corrected chi connectivity index (χ2v) is 13.9. The standard InChI is InChI=1S/C37H52O10/c1-7-8-16-27(38)17-12-13-18-46-21-35(43)31(40)29-32(47-25(6)26-14-10-9-11-15-26)34(42,22(2)3)20-24(5)36(29,44)28-19-23(4)30(39)37(28,45)33(35)41/h8-12,14-17,23-24,28-33,39-45H,2,6-7,13,18-21H2,1,3-5H3/t23-,24+,28+,29+,30-,31-,32+,33+,34+,35-,36-,37+/m0/s1. The van der Waals surface area contributed by atoms with Crippen molar-refractivity contribution in [1.29, 1.82) is 0 Å². The average Bonchev–Trinajstić information content (AvgIpc) is 3.26. The Balaban J connectivity index is 1.79. The Morgan fingerprint density at radius 1 is 0.979 bits per heavy atom. The van der Waals surface area contributed by atoms with Gasteiger partial charge in [0.1, 0.15) is 34.8 Å². The number of fused-ring (bicyclic) bond motifs is 3. The summed E-state index contributed by atoms with van der Waals surface area (Å²) in [6.07, 6.45) is -0.231. The molecule has 12 atom stereocenters. The van der Waals surface area contributed by atoms with Crippen LogP contribution < -0.4 is 0 Å². The summed E-state index contributed by atoms with van der Waals surface area (Å²) in [6.45, 7) is 14.1. The summed E-state index contributed by atoms with van der Waals surface area (Å²) in [4.78, 5) is 11.9. The van der Waals surface area contributed by atoms with Crippen LogP contribution in [0.1, 0.15) is 58.9 Å². The van der Waals surface area contributed by atoms with Crippen LogP contribution in [0, 0.1) is 23.7 Å². The summed E-state index contributed by atoms with van der Waals surface area (Å²) in [7, 11) is 0. The smallest absolute Gasteiger partial charge is 0.178 e. The number of aliphatic hydroxyl groups excluding tert-OH is 3. The van der Waals surface area contributed by atoms with Gasteiger partial charge in [0.25, 0.3) is 0 Å². The van der Waals surface area contributed by atoms with Crippen LogP contribution in [-0.4, -0.2) is 102 Å². The second kappa shape index (κ2) is 14.1. The Morgan fingerprint density at radius 3 is 2.23 bits per heavy atom. The normalized spacial score (nSPS) is 41.8. The molecule has 1 aromatic carbocycles. The van der Waals surface area contributed by atoms with Crippen molar-refractivity contribution >= 4 is 11.5 Å². The van der Waals surface area contributed by atoms with Crippen LogP contribution in [0.15, 0.2) is 73.4 Å². The number of rotatable bonds is 12. The fraction of sp³-hybridized carbons (Fsp3) is 0.595. The Kier molecular flexibility index (Phi) is 11.1. The molecule has 47 heavy (non-hydrogen) atoms. The quantitative estimate of drug-likeness (QED) is 0.0766. The van der Waals surface area contributed by atoms with E-state index in [4.69, 9.17) is 9.47 Å². The number of ether oxygens (including phenoxy) is 2. The van der Waals surface area contributed by atoms with E-state index in [1.54, 1.807) is 57.2 Å². The predicted octanol–water partition coefficient (Wildman–Crippen LogP) is 2.45. The third-order valence-corrected chi connectivity index (χ3v) is 10.9. The number of carbonyl (C=O) groups excluding carboxylic acids is 1. The molecule has 0 heterocycles. The summed E-state index contributed by atoms with van der Waals surface area (Å²) in [5, 5.41) is 85.1. The minimum atomic E-state index is -2.67. The molecule has 3 aliphatic carbocycles. The van der Waals surface area contributed by atoms with Gasteiger partial charge in [0.05, 0.1) is 36.9 Å². The van der Waals surface area contributed by atoms with Crippen LogP contribution in [0.5, 0.6) is 0 Å². The molecule has 10 heteroatoms. The van der Waals surface area contributed by atoms with Crippen molar-refractivity contribution in [3.8, 4) is 0 Å². The highest BCUT2D eigenvalue weighted by Crippen LogP contribution is 2.62. The molecule has 3 saturated carbocycles. The Morgan fingerprint density at radius 2 is 1.62 bits per heavy atom. The molecule has 3 fully saturated rings. The predicted molar refractivity (Wildman–Crippen MR) is 177 cm³/mol. The molecule has 10 nitrogen and oxygen atoms in total. The van der Waals surface area contributed by atoms with E-state index >= 15 is 0 Å². The van der Waals surface area contributed by atoms with Gasteiger partial charge in [-0.05, 0) is 62.2 Å². The molecule has 260 valence electrons. The molecule has 0 radical (unpaired) electrons. The van der Waals surface area contributed by atoms with Crippen LogP contribution in [0.2, 0.25) is 0 Å². The number of aliphatic hydroxyl groups is 7. The van der Waals surface area contributed by atoms with E-state index in [1.165, 1.54) is 12.2 Å². The lowest BCUT2D eigenvalue weighted by Gasteiger charge is -2.59. The second-order valence-electron chi connectivity index (χ2n) is 13.9. The third-order valence-electron chi connectivity index (χ3n) is 10.9. The van der Waals surface area contributed by atoms with E-state index in [9.17, 15) is 40.5 Å². The van der Waals surface area contributed by atoms with Gasteiger partial charge in [-0.3, -0.25) is 4.79 Å². The largest absolute Gasteiger partial charge is 0.487 e. The molecule has 0 aromatic heterocycles. The highest BCUT2D eigenvalue weighted by molar-refractivity contribution is 5.99. The average molecular weight is 657 g/mol. The Hall–Kier alpha value is -2.67. The first-order valence-corrected chi connectivity index (χ1v) is 16.5. The van der Waals surface area contributed by atoms with E-state index in [0.717, 1.165) is 6.42 Å². The van der Waals surface area contributed by atoms with Crippen molar-refractivity contribution in [2.24, 2.45) is 23.7 Å². The first-order chi connectivity index (χ1) is 22.0. The third kappa shape index (κ3) is 6.31. The number of benzene rings is 1. The monoisotopic (exact) mass is 656 g/mol. The zero-order valence-electron chi connectivity index (χ0n) is 27.8. The summed E-state index contributed by atoms with van der Waals surface area (Å²) in [5.41, 5.74) is -8.23. The van der Waals surface area contributed by atoms with Gasteiger partial charge < -0.3 is 45.2 Å². The highest BCUT2D eigenvalue weighted by atomic mass is 16.5. The van der Waals surface area contributed by atoms with Gasteiger partial charge in [0.15, 0.2) is 5.78 Å². The zero-order valence-corrected chi connectivity index (χ0v) is 27.8. The number of carbonyl (C=O) groups is 1. The Bertz CT molecular complexity index is 1360. The first kappa shape index (κ1) is 37.2. The lowest BCUT2D eigenvalue weighted by Crippen LogP contribution is -2.71. The first-order valence-electron chi connectivity index (χ1n) is 16.5. The van der Waals surface area contributed by atoms with Gasteiger partial charge in [0, 0.05) is 11.5 Å². The molecule has 7 N–H and O–H groups in total. The van der Waals surface area contributed by atoms with Crippen molar-refractivity contribution in [3.05, 3.63) is 78.9 Å². The van der Waals surface area contributed by atoms with Crippen molar-refractivity contribution in [1.82, 2.24) is 0 Å². The van der Waals surface area contributed by atoms with Gasteiger partial charge in [-0.2, -0.15) is 0 Å². The van der Waals surface area contributed by atoms with Gasteiger partial charge in [-0.1, -0.05) is 76.4 Å². The van der Waals surface area contributed by atoms with Gasteiger partial charge in [0.2, 0.25) is 0 Å². The van der Waals surface area contributed by atoms with E-state index in [2.05, 4.69) is 13.2 Å². The molecule has 1 aromatic rings. The molecule has 0 saturated heterocycles. The lowest BCUT2D eigenvalue weighted by atomic mass is 9.53. The Labute approximate surface area is 277 Å². The number of hydrogen-bond acceptors (Lipinski definition) is 10. The summed E-state index contributed by atoms with van der Waals surface area (Å²) < 4.78 is 12.1. The van der Waals surface area contributed by atoms with Crippen LogP contribution in [0.4, 0.5) is 0 Å². The van der Waals surface area contributed by atoms with Crippen molar-refractivity contribution in [3.63, 3.8) is 0 Å². The van der Waals surface area contributed by atoms with E-state index < -0.39 is 77.1 Å². The van der Waals surface area contributed by atoms with Crippen molar-refractivity contribution in [2.75, 3.05) is 13.2 Å². The van der Waals surface area contributed by atoms with Crippen LogP contribution in [0.3, 0.4) is 0 Å². The molecule has 0 amide bonds. The van der Waals surface area contributed by atoms with E-state index in [1.807, 2.05) is 13.0 Å². The maximum Gasteiger partial charge on any atom is 0.178 e. The fourth-order valence-electron chi connectivity index (χ4n) is 8.22. The minimum absolute atomic E-state index is 0.0321. The van der Waals surface area contributed by atoms with Crippen LogP contribution in [0.25, 0.3) is 5.76 Å². The maximum atomic E-state index is 12.9. The molecule has 0 aliphatic heterocycles. The van der Waals surface area contributed by atoms with Crippen LogP contribution >= 0.6 is 0 Å². The maximum absolute atomic E-state index is 12.9. The summed E-state index contributed by atoms with van der Waals surface area (Å²) in [6, 6.07) is 8.84. The zero-order chi connectivity index (χ0) is 34.9. The van der Waals surface area contributed by atoms with Gasteiger partial charge in [-0.25, -0.2) is 0 Å². The number of ketones is 1. The minimum Gasteiger partial charge on any atom is -0.487 e. The molecule has 0 spiro atoms. The molecular weight excluding hydrogens is 604 g/mol. The van der Waals surface area contributed by atoms with E-state index in [-0.39, 0.29) is 43.0 Å². The van der Waals surface area contributed by atoms with Crippen molar-refractivity contribution < 1.29 is 50.0 Å². The highest BCUT2D eigenvalue weighted by Gasteiger charge is 2.78. The molecule has 3 aliphatic rings. The van der Waals surface area contributed by atoms with Gasteiger partial charge in [-0.15, -0.1) is 0 Å². The summed E-state index contributed by atoms with van der Waals surface area (Å²) in [5.74, 6) is -4.33. The van der Waals surface area contributed by atoms with E-state index in [0.29, 0.717) is 5.56 Å². The number of allylic oxidation sites excluding steroid dienone is 3. The van der Waals surface area contributed by atoms with Gasteiger partial charge >= 0.3 is 0 Å². The van der Waals surface area contributed by atoms with Crippen LogP contribution in [-0.2, 0) is 14.3 Å². The number of hydrogen-bond donors (Lipinski definition) is 7. The molecular formula is C37H52O10. The fourth-order valence-corrected chi connectivity index (χ4v) is 8.22. The topological polar surface area (TPSA) is 177 Å².